The summed E-state index contributed by atoms with van der Waals surface area (Å²) in [6, 6.07) is 10.1. The van der Waals surface area contributed by atoms with Crippen LogP contribution < -0.4 is 5.32 Å². The summed E-state index contributed by atoms with van der Waals surface area (Å²) in [5, 5.41) is 10.9. The number of ether oxygens (including phenoxy) is 1. The Morgan fingerprint density at radius 1 is 1.18 bits per heavy atom. The zero-order chi connectivity index (χ0) is 19.9. The highest BCUT2D eigenvalue weighted by molar-refractivity contribution is 7.99. The Balaban J connectivity index is 1.51. The van der Waals surface area contributed by atoms with Gasteiger partial charge in [-0.05, 0) is 50.2 Å². The van der Waals surface area contributed by atoms with E-state index in [2.05, 4.69) is 20.5 Å². The highest BCUT2D eigenvalue weighted by Gasteiger charge is 2.12. The molecule has 2 aromatic heterocycles. The first-order valence-electron chi connectivity index (χ1n) is 8.49. The summed E-state index contributed by atoms with van der Waals surface area (Å²) in [6.45, 7) is 3.57. The standard InChI is InChI=1S/C19H18N4O4S/c1-12(2)26-18(25)13-5-7-15(8-6-13)21-16(24)11-28-19-23-22-17(27-19)14-4-3-9-20-10-14/h3-10,12H,11H2,1-2H3,(H,21,24). The lowest BCUT2D eigenvalue weighted by Gasteiger charge is -2.08. The molecule has 0 unspecified atom stereocenters. The lowest BCUT2D eigenvalue weighted by atomic mass is 10.2. The Hall–Kier alpha value is -3.20. The molecule has 0 spiro atoms. The van der Waals surface area contributed by atoms with Crippen molar-refractivity contribution in [3.63, 3.8) is 0 Å². The topological polar surface area (TPSA) is 107 Å². The third-order valence-electron chi connectivity index (χ3n) is 3.39. The van der Waals surface area contributed by atoms with E-state index in [1.165, 1.54) is 0 Å². The Morgan fingerprint density at radius 2 is 1.96 bits per heavy atom. The van der Waals surface area contributed by atoms with Gasteiger partial charge in [0.05, 0.1) is 23.0 Å². The number of amides is 1. The molecule has 0 aliphatic carbocycles. The number of nitrogens with zero attached hydrogens (tertiary/aromatic N) is 3. The van der Waals surface area contributed by atoms with Crippen LogP contribution in [0.5, 0.6) is 0 Å². The van der Waals surface area contributed by atoms with Crippen LogP contribution in [-0.2, 0) is 9.53 Å². The molecule has 0 bridgehead atoms. The fourth-order valence-electron chi connectivity index (χ4n) is 2.17. The van der Waals surface area contributed by atoms with Crippen LogP contribution in [0.25, 0.3) is 11.5 Å². The molecule has 0 radical (unpaired) electrons. The first-order valence-corrected chi connectivity index (χ1v) is 9.47. The molecule has 0 aliphatic rings. The van der Waals surface area contributed by atoms with Gasteiger partial charge in [0.25, 0.3) is 5.22 Å². The number of carbonyl (C=O) groups excluding carboxylic acids is 2. The maximum atomic E-state index is 12.1. The van der Waals surface area contributed by atoms with Crippen molar-refractivity contribution in [3.8, 4) is 11.5 Å². The Bertz CT molecular complexity index is 942. The first kappa shape index (κ1) is 19.6. The number of hydrogen-bond donors (Lipinski definition) is 1. The van der Waals surface area contributed by atoms with E-state index in [1.807, 2.05) is 6.07 Å². The van der Waals surface area contributed by atoms with Crippen molar-refractivity contribution < 1.29 is 18.7 Å². The highest BCUT2D eigenvalue weighted by atomic mass is 32.2. The van der Waals surface area contributed by atoms with E-state index < -0.39 is 5.97 Å². The van der Waals surface area contributed by atoms with Gasteiger partial charge in [-0.3, -0.25) is 9.78 Å². The fraction of sp³-hybridized carbons (Fsp3) is 0.211. The minimum absolute atomic E-state index is 0.103. The Kier molecular flexibility index (Phi) is 6.38. The summed E-state index contributed by atoms with van der Waals surface area (Å²) in [4.78, 5) is 27.9. The largest absolute Gasteiger partial charge is 0.459 e. The van der Waals surface area contributed by atoms with Crippen molar-refractivity contribution in [2.24, 2.45) is 0 Å². The molecule has 1 amide bonds. The van der Waals surface area contributed by atoms with Crippen molar-refractivity contribution in [1.82, 2.24) is 15.2 Å². The van der Waals surface area contributed by atoms with Crippen LogP contribution in [0, 0.1) is 0 Å². The van der Waals surface area contributed by atoms with E-state index in [0.717, 1.165) is 11.8 Å². The van der Waals surface area contributed by atoms with Gasteiger partial charge in [0.15, 0.2) is 0 Å². The van der Waals surface area contributed by atoms with Gasteiger partial charge in [-0.2, -0.15) is 0 Å². The van der Waals surface area contributed by atoms with Gasteiger partial charge in [-0.1, -0.05) is 11.8 Å². The van der Waals surface area contributed by atoms with Crippen LogP contribution in [0.2, 0.25) is 0 Å². The molecule has 1 N–H and O–H groups in total. The van der Waals surface area contributed by atoms with Gasteiger partial charge < -0.3 is 14.5 Å². The van der Waals surface area contributed by atoms with Crippen LogP contribution in [0.4, 0.5) is 5.69 Å². The number of carbonyl (C=O) groups is 2. The second-order valence-electron chi connectivity index (χ2n) is 5.98. The average Bonchev–Trinajstić information content (AvgIpc) is 3.16. The van der Waals surface area contributed by atoms with Crippen molar-refractivity contribution in [2.75, 3.05) is 11.1 Å². The van der Waals surface area contributed by atoms with Gasteiger partial charge in [-0.15, -0.1) is 10.2 Å². The van der Waals surface area contributed by atoms with Gasteiger partial charge in [0.2, 0.25) is 11.8 Å². The zero-order valence-corrected chi connectivity index (χ0v) is 16.1. The second-order valence-corrected chi connectivity index (χ2v) is 6.91. The number of benzene rings is 1. The van der Waals surface area contributed by atoms with Gasteiger partial charge in [0.1, 0.15) is 0 Å². The van der Waals surface area contributed by atoms with E-state index in [4.69, 9.17) is 9.15 Å². The summed E-state index contributed by atoms with van der Waals surface area (Å²) in [5.41, 5.74) is 1.71. The average molecular weight is 398 g/mol. The third-order valence-corrected chi connectivity index (χ3v) is 4.21. The van der Waals surface area contributed by atoms with E-state index in [9.17, 15) is 9.59 Å². The molecule has 0 aliphatic heterocycles. The second kappa shape index (κ2) is 9.14. The molecular formula is C19H18N4O4S. The minimum atomic E-state index is -0.399. The van der Waals surface area contributed by atoms with E-state index in [1.54, 1.807) is 56.6 Å². The number of thioether (sulfide) groups is 1. The van der Waals surface area contributed by atoms with Gasteiger partial charge in [-0.25, -0.2) is 4.79 Å². The molecule has 8 nitrogen and oxygen atoms in total. The predicted molar refractivity (Wildman–Crippen MR) is 104 cm³/mol. The normalized spacial score (nSPS) is 10.7. The van der Waals surface area contributed by atoms with Crippen molar-refractivity contribution in [1.29, 1.82) is 0 Å². The number of hydrogen-bond acceptors (Lipinski definition) is 8. The van der Waals surface area contributed by atoms with E-state index in [0.29, 0.717) is 27.9 Å². The number of esters is 1. The summed E-state index contributed by atoms with van der Waals surface area (Å²) < 4.78 is 10.6. The van der Waals surface area contributed by atoms with Crippen LogP contribution in [0.3, 0.4) is 0 Å². The van der Waals surface area contributed by atoms with Crippen LogP contribution in [-0.4, -0.2) is 38.9 Å². The monoisotopic (exact) mass is 398 g/mol. The number of nitrogens with one attached hydrogen (secondary N) is 1. The molecule has 3 rings (SSSR count). The Labute approximate surface area is 165 Å². The van der Waals surface area contributed by atoms with Crippen LogP contribution >= 0.6 is 11.8 Å². The molecule has 144 valence electrons. The minimum Gasteiger partial charge on any atom is -0.459 e. The van der Waals surface area contributed by atoms with Gasteiger partial charge in [0, 0.05) is 18.1 Å². The molecule has 0 fully saturated rings. The summed E-state index contributed by atoms with van der Waals surface area (Å²) >= 11 is 1.13. The van der Waals surface area contributed by atoms with E-state index in [-0.39, 0.29) is 17.8 Å². The molecule has 9 heteroatoms. The maximum absolute atomic E-state index is 12.1. The van der Waals surface area contributed by atoms with Crippen molar-refractivity contribution in [2.45, 2.75) is 25.2 Å². The quantitative estimate of drug-likeness (QED) is 0.476. The molecule has 0 atom stereocenters. The molecule has 0 saturated carbocycles. The zero-order valence-electron chi connectivity index (χ0n) is 15.3. The van der Waals surface area contributed by atoms with Gasteiger partial charge >= 0.3 is 5.97 Å². The fourth-order valence-corrected chi connectivity index (χ4v) is 2.73. The number of rotatable bonds is 7. The molecule has 2 heterocycles. The van der Waals surface area contributed by atoms with Crippen LogP contribution in [0.1, 0.15) is 24.2 Å². The molecule has 0 saturated heterocycles. The summed E-state index contributed by atoms with van der Waals surface area (Å²) in [6.07, 6.45) is 3.09. The molecule has 1 aromatic carbocycles. The predicted octanol–water partition coefficient (Wildman–Crippen LogP) is 3.43. The number of anilines is 1. The lowest BCUT2D eigenvalue weighted by Crippen LogP contribution is -2.14. The van der Waals surface area contributed by atoms with E-state index >= 15 is 0 Å². The molecular weight excluding hydrogens is 380 g/mol. The summed E-state index contributed by atoms with van der Waals surface area (Å²) in [5.74, 6) is -0.181. The first-order chi connectivity index (χ1) is 13.5. The smallest absolute Gasteiger partial charge is 0.338 e. The molecule has 3 aromatic rings. The maximum Gasteiger partial charge on any atom is 0.338 e. The molecule has 28 heavy (non-hydrogen) atoms. The van der Waals surface area contributed by atoms with Crippen molar-refractivity contribution >= 4 is 29.3 Å². The highest BCUT2D eigenvalue weighted by Crippen LogP contribution is 2.22. The van der Waals surface area contributed by atoms with Crippen LogP contribution in [0.15, 0.2) is 58.4 Å². The lowest BCUT2D eigenvalue weighted by molar-refractivity contribution is -0.113. The number of pyridine rings is 1. The SMILES string of the molecule is CC(C)OC(=O)c1ccc(NC(=O)CSc2nnc(-c3cccnc3)o2)cc1. The summed E-state index contributed by atoms with van der Waals surface area (Å²) in [7, 11) is 0. The number of aromatic nitrogens is 3. The van der Waals surface area contributed by atoms with Crippen molar-refractivity contribution in [3.05, 3.63) is 54.4 Å². The Morgan fingerprint density at radius 3 is 2.64 bits per heavy atom. The third kappa shape index (κ3) is 5.40.